The van der Waals surface area contributed by atoms with Crippen LogP contribution in [-0.4, -0.2) is 24.4 Å². The first-order valence-corrected chi connectivity index (χ1v) is 8.29. The van der Waals surface area contributed by atoms with E-state index in [0.29, 0.717) is 29.5 Å². The minimum Gasteiger partial charge on any atom is -0.454 e. The number of aliphatic hydroxyl groups excluding tert-OH is 1. The number of hydrogen-bond acceptors (Lipinski definition) is 4. The van der Waals surface area contributed by atoms with Crippen LogP contribution in [-0.2, 0) is 4.79 Å². The van der Waals surface area contributed by atoms with Gasteiger partial charge in [-0.15, -0.1) is 0 Å². The Morgan fingerprint density at radius 2 is 2.04 bits per heavy atom. The molecule has 0 saturated heterocycles. The number of amides is 1. The van der Waals surface area contributed by atoms with E-state index in [1.54, 1.807) is 30.3 Å². The van der Waals surface area contributed by atoms with Crippen LogP contribution in [0, 0.1) is 0 Å². The standard InChI is InChI=1S/C19H18ClNO4/c20-15-4-2-1-3-13(15)6-8-19(23)21-10-9-16(22)14-5-7-17-18(11-14)25-12-24-17/h1-8,11,16,22H,9-10,12H2,(H,21,23)/b8-6+/t16-/m1/s1. The van der Waals surface area contributed by atoms with Crippen LogP contribution in [0.1, 0.15) is 23.7 Å². The zero-order valence-electron chi connectivity index (χ0n) is 13.4. The largest absolute Gasteiger partial charge is 0.454 e. The minimum absolute atomic E-state index is 0.197. The van der Waals surface area contributed by atoms with Gasteiger partial charge in [-0.2, -0.15) is 0 Å². The third-order valence-corrected chi connectivity index (χ3v) is 4.16. The number of carbonyl (C=O) groups excluding carboxylic acids is 1. The van der Waals surface area contributed by atoms with Crippen LogP contribution in [0.2, 0.25) is 5.02 Å². The van der Waals surface area contributed by atoms with Crippen molar-refractivity contribution < 1.29 is 19.4 Å². The molecule has 1 aliphatic heterocycles. The molecule has 0 spiro atoms. The fraction of sp³-hybridized carbons (Fsp3) is 0.211. The van der Waals surface area contributed by atoms with Gasteiger partial charge in [-0.05, 0) is 41.8 Å². The number of benzene rings is 2. The number of nitrogens with one attached hydrogen (secondary N) is 1. The van der Waals surface area contributed by atoms with Crippen molar-refractivity contribution in [3.05, 3.63) is 64.7 Å². The lowest BCUT2D eigenvalue weighted by molar-refractivity contribution is -0.116. The summed E-state index contributed by atoms with van der Waals surface area (Å²) in [5.74, 6) is 1.06. The maximum absolute atomic E-state index is 11.8. The summed E-state index contributed by atoms with van der Waals surface area (Å²) < 4.78 is 10.5. The Morgan fingerprint density at radius 3 is 2.88 bits per heavy atom. The second kappa shape index (κ2) is 8.05. The normalized spacial score (nSPS) is 13.8. The second-order valence-corrected chi connectivity index (χ2v) is 5.97. The summed E-state index contributed by atoms with van der Waals surface area (Å²) >= 11 is 6.03. The van der Waals surface area contributed by atoms with Gasteiger partial charge in [-0.25, -0.2) is 0 Å². The van der Waals surface area contributed by atoms with Crippen LogP contribution in [0.3, 0.4) is 0 Å². The van der Waals surface area contributed by atoms with Crippen molar-refractivity contribution in [2.24, 2.45) is 0 Å². The summed E-state index contributed by atoms with van der Waals surface area (Å²) in [6.45, 7) is 0.546. The number of aliphatic hydroxyl groups is 1. The molecular formula is C19H18ClNO4. The van der Waals surface area contributed by atoms with Crippen LogP contribution in [0.5, 0.6) is 11.5 Å². The monoisotopic (exact) mass is 359 g/mol. The maximum Gasteiger partial charge on any atom is 0.244 e. The molecule has 25 heavy (non-hydrogen) atoms. The third kappa shape index (κ3) is 4.53. The van der Waals surface area contributed by atoms with Crippen molar-refractivity contribution in [1.29, 1.82) is 0 Å². The summed E-state index contributed by atoms with van der Waals surface area (Å²) in [6, 6.07) is 12.6. The molecule has 1 aliphatic rings. The first-order valence-electron chi connectivity index (χ1n) is 7.91. The third-order valence-electron chi connectivity index (χ3n) is 3.82. The molecule has 1 atom stereocenters. The Balaban J connectivity index is 1.47. The van der Waals surface area contributed by atoms with Gasteiger partial charge < -0.3 is 19.9 Å². The Bertz CT molecular complexity index is 791. The molecule has 2 aromatic rings. The number of carbonyl (C=O) groups is 1. The van der Waals surface area contributed by atoms with Crippen molar-refractivity contribution in [1.82, 2.24) is 5.32 Å². The van der Waals surface area contributed by atoms with Gasteiger partial charge in [-0.1, -0.05) is 35.9 Å². The highest BCUT2D eigenvalue weighted by Gasteiger charge is 2.16. The maximum atomic E-state index is 11.8. The molecule has 1 amide bonds. The highest BCUT2D eigenvalue weighted by Crippen LogP contribution is 2.34. The topological polar surface area (TPSA) is 67.8 Å². The lowest BCUT2D eigenvalue weighted by Gasteiger charge is -2.11. The Labute approximate surface area is 150 Å². The van der Waals surface area contributed by atoms with Crippen molar-refractivity contribution in [3.8, 4) is 11.5 Å². The summed E-state index contributed by atoms with van der Waals surface area (Å²) in [7, 11) is 0. The fourth-order valence-corrected chi connectivity index (χ4v) is 2.65. The Kier molecular flexibility index (Phi) is 5.58. The van der Waals surface area contributed by atoms with E-state index in [-0.39, 0.29) is 12.7 Å². The van der Waals surface area contributed by atoms with Crippen LogP contribution in [0.15, 0.2) is 48.5 Å². The fourth-order valence-electron chi connectivity index (χ4n) is 2.45. The molecule has 0 saturated carbocycles. The summed E-state index contributed by atoms with van der Waals surface area (Å²) in [5.41, 5.74) is 1.50. The van der Waals surface area contributed by atoms with Crippen LogP contribution in [0.4, 0.5) is 0 Å². The zero-order valence-corrected chi connectivity index (χ0v) is 14.2. The molecule has 0 radical (unpaired) electrons. The molecule has 0 unspecified atom stereocenters. The van der Waals surface area contributed by atoms with E-state index in [0.717, 1.165) is 11.1 Å². The minimum atomic E-state index is -0.692. The smallest absolute Gasteiger partial charge is 0.244 e. The number of halogens is 1. The number of hydrogen-bond donors (Lipinski definition) is 2. The van der Waals surface area contributed by atoms with Crippen molar-refractivity contribution in [2.75, 3.05) is 13.3 Å². The molecule has 0 bridgehead atoms. The van der Waals surface area contributed by atoms with Gasteiger partial charge >= 0.3 is 0 Å². The lowest BCUT2D eigenvalue weighted by Crippen LogP contribution is -2.23. The molecule has 5 nitrogen and oxygen atoms in total. The molecule has 130 valence electrons. The molecule has 0 aliphatic carbocycles. The van der Waals surface area contributed by atoms with Crippen LogP contribution < -0.4 is 14.8 Å². The average Bonchev–Trinajstić information content (AvgIpc) is 3.08. The molecule has 0 fully saturated rings. The van der Waals surface area contributed by atoms with E-state index in [9.17, 15) is 9.90 Å². The Morgan fingerprint density at radius 1 is 1.24 bits per heavy atom. The highest BCUT2D eigenvalue weighted by molar-refractivity contribution is 6.32. The van der Waals surface area contributed by atoms with E-state index in [1.165, 1.54) is 6.08 Å². The molecule has 0 aromatic heterocycles. The van der Waals surface area contributed by atoms with E-state index < -0.39 is 6.10 Å². The average molecular weight is 360 g/mol. The van der Waals surface area contributed by atoms with E-state index >= 15 is 0 Å². The van der Waals surface area contributed by atoms with Gasteiger partial charge in [0.25, 0.3) is 0 Å². The van der Waals surface area contributed by atoms with Crippen LogP contribution in [0.25, 0.3) is 6.08 Å². The van der Waals surface area contributed by atoms with Crippen molar-refractivity contribution >= 4 is 23.6 Å². The quantitative estimate of drug-likeness (QED) is 0.776. The second-order valence-electron chi connectivity index (χ2n) is 5.56. The highest BCUT2D eigenvalue weighted by atomic mass is 35.5. The zero-order chi connectivity index (χ0) is 17.6. The van der Waals surface area contributed by atoms with Crippen LogP contribution >= 0.6 is 11.6 Å². The lowest BCUT2D eigenvalue weighted by atomic mass is 10.1. The predicted octanol–water partition coefficient (Wildman–Crippen LogP) is 3.32. The van der Waals surface area contributed by atoms with E-state index in [2.05, 4.69) is 5.32 Å². The summed E-state index contributed by atoms with van der Waals surface area (Å²) in [6.07, 6.45) is 2.79. The van der Waals surface area contributed by atoms with E-state index in [1.807, 2.05) is 18.2 Å². The summed E-state index contributed by atoms with van der Waals surface area (Å²) in [5, 5.41) is 13.6. The SMILES string of the molecule is O=C(/C=C/c1ccccc1Cl)NCC[C@@H](O)c1ccc2c(c1)OCO2. The number of ether oxygens (including phenoxy) is 2. The van der Waals surface area contributed by atoms with Gasteiger partial charge in [0.15, 0.2) is 11.5 Å². The molecular weight excluding hydrogens is 342 g/mol. The molecule has 2 aromatic carbocycles. The molecule has 1 heterocycles. The molecule has 3 rings (SSSR count). The van der Waals surface area contributed by atoms with Crippen molar-refractivity contribution in [3.63, 3.8) is 0 Å². The summed E-state index contributed by atoms with van der Waals surface area (Å²) in [4.78, 5) is 11.8. The first kappa shape index (κ1) is 17.3. The van der Waals surface area contributed by atoms with Gasteiger partial charge in [0.05, 0.1) is 6.10 Å². The number of fused-ring (bicyclic) bond motifs is 1. The Hall–Kier alpha value is -2.50. The first-order chi connectivity index (χ1) is 12.1. The van der Waals surface area contributed by atoms with Gasteiger partial charge in [0.2, 0.25) is 12.7 Å². The molecule has 2 N–H and O–H groups in total. The predicted molar refractivity (Wildman–Crippen MR) is 95.6 cm³/mol. The van der Waals surface area contributed by atoms with Gasteiger partial charge in [0, 0.05) is 17.6 Å². The molecule has 6 heteroatoms. The van der Waals surface area contributed by atoms with Gasteiger partial charge in [0.1, 0.15) is 0 Å². The van der Waals surface area contributed by atoms with Gasteiger partial charge in [-0.3, -0.25) is 4.79 Å². The van der Waals surface area contributed by atoms with E-state index in [4.69, 9.17) is 21.1 Å². The number of rotatable bonds is 6. The van der Waals surface area contributed by atoms with Crippen molar-refractivity contribution in [2.45, 2.75) is 12.5 Å².